The first-order chi connectivity index (χ1) is 9.56. The van der Waals surface area contributed by atoms with Crippen LogP contribution in [0.1, 0.15) is 28.7 Å². The third kappa shape index (κ3) is 2.64. The van der Waals surface area contributed by atoms with Crippen molar-refractivity contribution in [3.8, 4) is 17.5 Å². The molecule has 0 saturated heterocycles. The van der Waals surface area contributed by atoms with Gasteiger partial charge in [0.2, 0.25) is 0 Å². The number of aromatic nitrogens is 2. The Morgan fingerprint density at radius 3 is 2.60 bits per heavy atom. The summed E-state index contributed by atoms with van der Waals surface area (Å²) < 4.78 is 15.6. The fraction of sp³-hybridized carbons (Fsp3) is 0.357. The Hall–Kier alpha value is -2.37. The number of nitrogens with zero attached hydrogens (tertiary/aromatic N) is 2. The molecular formula is C14H16N2O4. The highest BCUT2D eigenvalue weighted by molar-refractivity contribution is 5.96. The van der Waals surface area contributed by atoms with Gasteiger partial charge in [-0.05, 0) is 32.9 Å². The number of furan rings is 1. The van der Waals surface area contributed by atoms with Crippen LogP contribution >= 0.6 is 0 Å². The maximum Gasteiger partial charge on any atom is 0.342 e. The van der Waals surface area contributed by atoms with Crippen molar-refractivity contribution in [3.63, 3.8) is 0 Å². The SMILES string of the molecule is CCOC(=O)c1c(C)nc(OC)nc1-c1ccc(C)o1. The smallest absolute Gasteiger partial charge is 0.342 e. The predicted octanol–water partition coefficient (Wildman–Crippen LogP) is 2.54. The fourth-order valence-electron chi connectivity index (χ4n) is 1.83. The van der Waals surface area contributed by atoms with E-state index in [1.54, 1.807) is 26.0 Å². The van der Waals surface area contributed by atoms with E-state index in [9.17, 15) is 4.79 Å². The highest BCUT2D eigenvalue weighted by Gasteiger charge is 2.23. The molecule has 20 heavy (non-hydrogen) atoms. The van der Waals surface area contributed by atoms with E-state index in [-0.39, 0.29) is 12.6 Å². The van der Waals surface area contributed by atoms with Gasteiger partial charge in [-0.25, -0.2) is 4.79 Å². The van der Waals surface area contributed by atoms with Crippen LogP contribution in [-0.2, 0) is 4.74 Å². The summed E-state index contributed by atoms with van der Waals surface area (Å²) in [6.07, 6.45) is 0. The second kappa shape index (κ2) is 5.73. The van der Waals surface area contributed by atoms with Gasteiger partial charge in [0, 0.05) is 0 Å². The number of ether oxygens (including phenoxy) is 2. The van der Waals surface area contributed by atoms with E-state index in [0.29, 0.717) is 22.7 Å². The summed E-state index contributed by atoms with van der Waals surface area (Å²) in [5.74, 6) is 0.733. The molecule has 6 heteroatoms. The van der Waals surface area contributed by atoms with Crippen LogP contribution in [0.4, 0.5) is 0 Å². The molecule has 0 spiro atoms. The fourth-order valence-corrected chi connectivity index (χ4v) is 1.83. The number of methoxy groups -OCH3 is 1. The highest BCUT2D eigenvalue weighted by atomic mass is 16.5. The summed E-state index contributed by atoms with van der Waals surface area (Å²) in [5.41, 5.74) is 1.15. The Morgan fingerprint density at radius 1 is 1.30 bits per heavy atom. The first-order valence-corrected chi connectivity index (χ1v) is 6.23. The molecule has 2 heterocycles. The van der Waals surface area contributed by atoms with Gasteiger partial charge in [-0.15, -0.1) is 0 Å². The van der Waals surface area contributed by atoms with E-state index >= 15 is 0 Å². The van der Waals surface area contributed by atoms with Crippen LogP contribution in [0.3, 0.4) is 0 Å². The largest absolute Gasteiger partial charge is 0.467 e. The number of carbonyl (C=O) groups is 1. The van der Waals surface area contributed by atoms with Crippen LogP contribution in [0.15, 0.2) is 16.5 Å². The molecule has 106 valence electrons. The van der Waals surface area contributed by atoms with Crippen molar-refractivity contribution in [2.45, 2.75) is 20.8 Å². The van der Waals surface area contributed by atoms with Gasteiger partial charge < -0.3 is 13.9 Å². The average molecular weight is 276 g/mol. The maximum atomic E-state index is 12.1. The van der Waals surface area contributed by atoms with E-state index in [4.69, 9.17) is 13.9 Å². The van der Waals surface area contributed by atoms with Crippen LogP contribution < -0.4 is 4.74 Å². The van der Waals surface area contributed by atoms with E-state index in [0.717, 1.165) is 5.76 Å². The van der Waals surface area contributed by atoms with Gasteiger partial charge in [0.1, 0.15) is 17.0 Å². The summed E-state index contributed by atoms with van der Waals surface area (Å²) in [5, 5.41) is 0. The molecular weight excluding hydrogens is 260 g/mol. The average Bonchev–Trinajstić information content (AvgIpc) is 2.84. The third-order valence-corrected chi connectivity index (χ3v) is 2.71. The summed E-state index contributed by atoms with van der Waals surface area (Å²) in [7, 11) is 1.47. The molecule has 0 aliphatic rings. The van der Waals surface area contributed by atoms with Crippen molar-refractivity contribution >= 4 is 5.97 Å². The molecule has 0 saturated carbocycles. The molecule has 0 aliphatic carbocycles. The second-order valence-corrected chi connectivity index (χ2v) is 4.15. The van der Waals surface area contributed by atoms with E-state index in [1.165, 1.54) is 7.11 Å². The Kier molecular flexibility index (Phi) is 4.02. The number of hydrogen-bond donors (Lipinski definition) is 0. The van der Waals surface area contributed by atoms with Crippen LogP contribution in [0, 0.1) is 13.8 Å². The zero-order valence-electron chi connectivity index (χ0n) is 11.9. The van der Waals surface area contributed by atoms with Gasteiger partial charge >= 0.3 is 12.0 Å². The molecule has 0 unspecified atom stereocenters. The van der Waals surface area contributed by atoms with E-state index in [1.807, 2.05) is 6.92 Å². The van der Waals surface area contributed by atoms with Crippen molar-refractivity contribution < 1.29 is 18.7 Å². The van der Waals surface area contributed by atoms with Crippen molar-refractivity contribution in [2.24, 2.45) is 0 Å². The van der Waals surface area contributed by atoms with Gasteiger partial charge in [-0.1, -0.05) is 0 Å². The van der Waals surface area contributed by atoms with Crippen molar-refractivity contribution in [1.29, 1.82) is 0 Å². The monoisotopic (exact) mass is 276 g/mol. The number of hydrogen-bond acceptors (Lipinski definition) is 6. The molecule has 6 nitrogen and oxygen atoms in total. The zero-order valence-corrected chi connectivity index (χ0v) is 11.9. The minimum absolute atomic E-state index is 0.180. The van der Waals surface area contributed by atoms with Gasteiger partial charge in [0.25, 0.3) is 0 Å². The first kappa shape index (κ1) is 14.0. The lowest BCUT2D eigenvalue weighted by Gasteiger charge is -2.10. The van der Waals surface area contributed by atoms with Crippen LogP contribution in [0.5, 0.6) is 6.01 Å². The standard InChI is InChI=1S/C14H16N2O4/c1-5-19-13(17)11-9(3)15-14(18-4)16-12(11)10-7-6-8(2)20-10/h6-7H,5H2,1-4H3. The number of aryl methyl sites for hydroxylation is 2. The highest BCUT2D eigenvalue weighted by Crippen LogP contribution is 2.27. The van der Waals surface area contributed by atoms with E-state index < -0.39 is 5.97 Å². The molecule has 0 fully saturated rings. The van der Waals surface area contributed by atoms with Crippen LogP contribution in [0.2, 0.25) is 0 Å². The van der Waals surface area contributed by atoms with Crippen LogP contribution in [-0.4, -0.2) is 29.7 Å². The molecule has 0 aromatic carbocycles. The van der Waals surface area contributed by atoms with Gasteiger partial charge in [-0.3, -0.25) is 0 Å². The van der Waals surface area contributed by atoms with Gasteiger partial charge in [0.05, 0.1) is 19.4 Å². The van der Waals surface area contributed by atoms with Gasteiger partial charge in [-0.2, -0.15) is 9.97 Å². The Bertz CT molecular complexity index is 634. The Morgan fingerprint density at radius 2 is 2.05 bits per heavy atom. The number of carbonyl (C=O) groups excluding carboxylic acids is 1. The third-order valence-electron chi connectivity index (χ3n) is 2.71. The molecule has 0 radical (unpaired) electrons. The lowest BCUT2D eigenvalue weighted by Crippen LogP contribution is -2.12. The Balaban J connectivity index is 2.62. The molecule has 0 bridgehead atoms. The van der Waals surface area contributed by atoms with Crippen LogP contribution in [0.25, 0.3) is 11.5 Å². The molecule has 0 aliphatic heterocycles. The van der Waals surface area contributed by atoms with E-state index in [2.05, 4.69) is 9.97 Å². The molecule has 0 atom stereocenters. The molecule has 2 rings (SSSR count). The summed E-state index contributed by atoms with van der Waals surface area (Å²) in [4.78, 5) is 20.4. The van der Waals surface area contributed by atoms with Crippen molar-refractivity contribution in [2.75, 3.05) is 13.7 Å². The summed E-state index contributed by atoms with van der Waals surface area (Å²) in [6, 6.07) is 3.73. The Labute approximate surface area is 116 Å². The zero-order chi connectivity index (χ0) is 14.7. The lowest BCUT2D eigenvalue weighted by molar-refractivity contribution is 0.0525. The lowest BCUT2D eigenvalue weighted by atomic mass is 10.1. The summed E-state index contributed by atoms with van der Waals surface area (Å²) in [6.45, 7) is 5.55. The minimum Gasteiger partial charge on any atom is -0.467 e. The maximum absolute atomic E-state index is 12.1. The van der Waals surface area contributed by atoms with Crippen molar-refractivity contribution in [3.05, 3.63) is 29.2 Å². The normalized spacial score (nSPS) is 10.4. The number of rotatable bonds is 4. The topological polar surface area (TPSA) is 74.5 Å². The molecule has 0 amide bonds. The first-order valence-electron chi connectivity index (χ1n) is 6.23. The summed E-state index contributed by atoms with van der Waals surface area (Å²) >= 11 is 0. The molecule has 0 N–H and O–H groups in total. The molecule has 2 aromatic rings. The molecule has 2 aromatic heterocycles. The van der Waals surface area contributed by atoms with Crippen molar-refractivity contribution in [1.82, 2.24) is 9.97 Å². The quantitative estimate of drug-likeness (QED) is 0.799. The van der Waals surface area contributed by atoms with Gasteiger partial charge in [0.15, 0.2) is 5.76 Å². The minimum atomic E-state index is -0.475. The predicted molar refractivity (Wildman–Crippen MR) is 71.7 cm³/mol. The number of esters is 1. The second-order valence-electron chi connectivity index (χ2n) is 4.15.